The first kappa shape index (κ1) is 18.9. The molecule has 0 spiro atoms. The first-order valence-electron chi connectivity index (χ1n) is 7.88. The maximum atomic E-state index is 13.2. The predicted octanol–water partition coefficient (Wildman–Crippen LogP) is 1.64. The number of aromatic nitrogens is 4. The van der Waals surface area contributed by atoms with Crippen LogP contribution in [0.1, 0.15) is 5.69 Å². The molecule has 0 aliphatic heterocycles. The number of hydrogen-bond acceptors (Lipinski definition) is 6. The van der Waals surface area contributed by atoms with Crippen LogP contribution in [0.25, 0.3) is 5.82 Å². The zero-order valence-electron chi connectivity index (χ0n) is 14.2. The third-order valence-electron chi connectivity index (χ3n) is 3.53. The van der Waals surface area contributed by atoms with E-state index in [1.165, 1.54) is 6.33 Å². The van der Waals surface area contributed by atoms with E-state index in [-0.39, 0.29) is 18.0 Å². The molecule has 8 nitrogen and oxygen atoms in total. The van der Waals surface area contributed by atoms with Crippen LogP contribution in [-0.4, -0.2) is 41.3 Å². The van der Waals surface area contributed by atoms with Crippen LogP contribution in [0.4, 0.5) is 14.6 Å². The number of halogens is 2. The molecule has 2 N–H and O–H groups in total. The Morgan fingerprint density at radius 2 is 1.89 bits per heavy atom. The highest BCUT2D eigenvalue weighted by Crippen LogP contribution is 2.13. The van der Waals surface area contributed by atoms with Crippen LogP contribution in [0.15, 0.2) is 47.8 Å². The van der Waals surface area contributed by atoms with Gasteiger partial charge in [0, 0.05) is 25.4 Å². The molecular weight excluding hydrogens is 378 g/mol. The Morgan fingerprint density at radius 1 is 1.07 bits per heavy atom. The summed E-state index contributed by atoms with van der Waals surface area (Å²) >= 11 is 0. The van der Waals surface area contributed by atoms with Gasteiger partial charge in [0.25, 0.3) is 0 Å². The molecular formula is C16H16F2N6O2S. The Kier molecular flexibility index (Phi) is 5.42. The lowest BCUT2D eigenvalue weighted by Crippen LogP contribution is -2.29. The summed E-state index contributed by atoms with van der Waals surface area (Å²) in [6, 6.07) is 5.89. The molecule has 11 heteroatoms. The highest BCUT2D eigenvalue weighted by molar-refractivity contribution is 7.89. The molecule has 3 aromatic rings. The molecule has 2 aromatic heterocycles. The molecule has 0 amide bonds. The van der Waals surface area contributed by atoms with Gasteiger partial charge < -0.3 is 5.32 Å². The maximum Gasteiger partial charge on any atom is 0.240 e. The Morgan fingerprint density at radius 3 is 2.59 bits per heavy atom. The minimum atomic E-state index is -3.95. The van der Waals surface area contributed by atoms with E-state index in [0.29, 0.717) is 17.7 Å². The first-order valence-corrected chi connectivity index (χ1v) is 9.37. The van der Waals surface area contributed by atoms with Crippen molar-refractivity contribution >= 4 is 15.8 Å². The molecule has 2 heterocycles. The van der Waals surface area contributed by atoms with Crippen LogP contribution in [-0.2, 0) is 10.0 Å². The Bertz CT molecular complexity index is 1050. The van der Waals surface area contributed by atoms with Gasteiger partial charge in [0.2, 0.25) is 10.0 Å². The lowest BCUT2D eigenvalue weighted by atomic mass is 10.3. The van der Waals surface area contributed by atoms with E-state index in [1.807, 2.05) is 13.0 Å². The van der Waals surface area contributed by atoms with Crippen LogP contribution < -0.4 is 10.0 Å². The fourth-order valence-electron chi connectivity index (χ4n) is 2.21. The topological polar surface area (TPSA) is 102 Å². The molecule has 0 fully saturated rings. The zero-order chi connectivity index (χ0) is 19.4. The van der Waals surface area contributed by atoms with Gasteiger partial charge in [0.15, 0.2) is 17.5 Å². The number of benzene rings is 1. The summed E-state index contributed by atoms with van der Waals surface area (Å²) in [6.07, 6.45) is 3.12. The van der Waals surface area contributed by atoms with Gasteiger partial charge in [-0.2, -0.15) is 5.10 Å². The maximum absolute atomic E-state index is 13.2. The van der Waals surface area contributed by atoms with Gasteiger partial charge in [0.1, 0.15) is 12.1 Å². The molecule has 3 rings (SSSR count). The summed E-state index contributed by atoms with van der Waals surface area (Å²) in [7, 11) is -3.95. The zero-order valence-corrected chi connectivity index (χ0v) is 15.0. The molecule has 1 aromatic carbocycles. The SMILES string of the molecule is Cc1ccn(-c2cc(NCCNS(=O)(=O)c3ccc(F)c(F)c3)ncn2)n1. The van der Waals surface area contributed by atoms with Gasteiger partial charge in [-0.25, -0.2) is 36.6 Å². The van der Waals surface area contributed by atoms with Crippen LogP contribution in [0.5, 0.6) is 0 Å². The van der Waals surface area contributed by atoms with Crippen molar-refractivity contribution in [3.05, 3.63) is 60.2 Å². The number of anilines is 1. The van der Waals surface area contributed by atoms with Crippen molar-refractivity contribution in [2.75, 3.05) is 18.4 Å². The predicted molar refractivity (Wildman–Crippen MR) is 93.9 cm³/mol. The van der Waals surface area contributed by atoms with Gasteiger partial charge >= 0.3 is 0 Å². The molecule has 0 saturated carbocycles. The van der Waals surface area contributed by atoms with E-state index in [0.717, 1.165) is 17.8 Å². The largest absolute Gasteiger partial charge is 0.369 e. The van der Waals surface area contributed by atoms with Gasteiger partial charge in [-0.05, 0) is 31.2 Å². The number of nitrogens with one attached hydrogen (secondary N) is 2. The van der Waals surface area contributed by atoms with Crippen LogP contribution >= 0.6 is 0 Å². The summed E-state index contributed by atoms with van der Waals surface area (Å²) in [6.45, 7) is 2.09. The molecule has 0 atom stereocenters. The van der Waals surface area contributed by atoms with Gasteiger partial charge in [0.05, 0.1) is 10.6 Å². The normalized spacial score (nSPS) is 11.5. The van der Waals surface area contributed by atoms with Crippen LogP contribution in [0.3, 0.4) is 0 Å². The van der Waals surface area contributed by atoms with Crippen molar-refractivity contribution < 1.29 is 17.2 Å². The molecule has 0 radical (unpaired) electrons. The lowest BCUT2D eigenvalue weighted by molar-refractivity contribution is 0.504. The summed E-state index contributed by atoms with van der Waals surface area (Å²) < 4.78 is 54.2. The Balaban J connectivity index is 1.58. The second-order valence-corrected chi connectivity index (χ2v) is 7.33. The smallest absolute Gasteiger partial charge is 0.240 e. The van der Waals surface area contributed by atoms with Gasteiger partial charge in [-0.1, -0.05) is 0 Å². The third kappa shape index (κ3) is 4.63. The molecule has 0 saturated heterocycles. The molecule has 0 aliphatic rings. The first-order chi connectivity index (χ1) is 12.8. The minimum Gasteiger partial charge on any atom is -0.369 e. The average molecular weight is 394 g/mol. The highest BCUT2D eigenvalue weighted by atomic mass is 32.2. The molecule has 0 aliphatic carbocycles. The molecule has 142 valence electrons. The van der Waals surface area contributed by atoms with Crippen molar-refractivity contribution in [2.45, 2.75) is 11.8 Å². The number of rotatable bonds is 7. The minimum absolute atomic E-state index is 0.0154. The highest BCUT2D eigenvalue weighted by Gasteiger charge is 2.15. The second kappa shape index (κ2) is 7.76. The number of hydrogen-bond donors (Lipinski definition) is 2. The van der Waals surface area contributed by atoms with E-state index < -0.39 is 21.7 Å². The summed E-state index contributed by atoms with van der Waals surface area (Å²) in [5.41, 5.74) is 0.842. The van der Waals surface area contributed by atoms with Crippen molar-refractivity contribution in [3.63, 3.8) is 0 Å². The number of sulfonamides is 1. The third-order valence-corrected chi connectivity index (χ3v) is 4.99. The van der Waals surface area contributed by atoms with Gasteiger partial charge in [-0.15, -0.1) is 0 Å². The quantitative estimate of drug-likeness (QED) is 0.591. The molecule has 27 heavy (non-hydrogen) atoms. The summed E-state index contributed by atoms with van der Waals surface area (Å²) in [5, 5.41) is 7.20. The Hall–Kier alpha value is -2.92. The second-order valence-electron chi connectivity index (χ2n) is 5.56. The average Bonchev–Trinajstić information content (AvgIpc) is 3.08. The van der Waals surface area contributed by atoms with Crippen LogP contribution in [0, 0.1) is 18.6 Å². The van der Waals surface area contributed by atoms with Crippen LogP contribution in [0.2, 0.25) is 0 Å². The fraction of sp³-hybridized carbons (Fsp3) is 0.188. The summed E-state index contributed by atoms with van der Waals surface area (Å²) in [5.74, 6) is -1.29. The van der Waals surface area contributed by atoms with E-state index in [4.69, 9.17) is 0 Å². The van der Waals surface area contributed by atoms with Crippen molar-refractivity contribution in [3.8, 4) is 5.82 Å². The lowest BCUT2D eigenvalue weighted by Gasteiger charge is -2.09. The molecule has 0 unspecified atom stereocenters. The van der Waals surface area contributed by atoms with E-state index in [2.05, 4.69) is 25.1 Å². The van der Waals surface area contributed by atoms with Crippen molar-refractivity contribution in [1.82, 2.24) is 24.5 Å². The summed E-state index contributed by atoms with van der Waals surface area (Å²) in [4.78, 5) is 7.82. The monoisotopic (exact) mass is 394 g/mol. The molecule has 0 bridgehead atoms. The van der Waals surface area contributed by atoms with Crippen molar-refractivity contribution in [2.24, 2.45) is 0 Å². The number of aryl methyl sites for hydroxylation is 1. The standard InChI is InChI=1S/C16H16F2N6O2S/c1-11-4-7-24(23-11)16-9-15(20-10-21-16)19-5-6-22-27(25,26)12-2-3-13(17)14(18)8-12/h2-4,7-10,22H,5-6H2,1H3,(H,19,20,21). The van der Waals surface area contributed by atoms with E-state index >= 15 is 0 Å². The van der Waals surface area contributed by atoms with E-state index in [1.54, 1.807) is 16.9 Å². The van der Waals surface area contributed by atoms with E-state index in [9.17, 15) is 17.2 Å². The Labute approximate surface area is 154 Å². The number of nitrogens with zero attached hydrogens (tertiary/aromatic N) is 4. The van der Waals surface area contributed by atoms with Gasteiger partial charge in [-0.3, -0.25) is 0 Å². The fourth-order valence-corrected chi connectivity index (χ4v) is 3.26. The van der Waals surface area contributed by atoms with Crippen molar-refractivity contribution in [1.29, 1.82) is 0 Å².